The molecule has 0 unspecified atom stereocenters. The summed E-state index contributed by atoms with van der Waals surface area (Å²) in [5, 5.41) is 0. The number of rotatable bonds is 2. The second-order valence-corrected chi connectivity index (χ2v) is 3.63. The molecule has 0 atom stereocenters. The zero-order chi connectivity index (χ0) is 13.3. The normalized spacial score (nSPS) is 13.1. The lowest BCUT2D eigenvalue weighted by Crippen LogP contribution is -2.65. The minimum Gasteiger partial charge on any atom is -0.310 e. The highest BCUT2D eigenvalue weighted by atomic mass is 35.5. The van der Waals surface area contributed by atoms with Crippen LogP contribution in [0, 0.1) is 0 Å². The van der Waals surface area contributed by atoms with Gasteiger partial charge in [-0.25, -0.2) is 0 Å². The van der Waals surface area contributed by atoms with E-state index in [1.165, 1.54) is 30.3 Å². The van der Waals surface area contributed by atoms with Crippen molar-refractivity contribution in [3.05, 3.63) is 35.9 Å². The van der Waals surface area contributed by atoms with Crippen LogP contribution in [0.25, 0.3) is 0 Å². The Morgan fingerprint density at radius 2 is 1.22 bits per heavy atom. The Hall–Kier alpha value is -0.950. The number of alkyl halides is 6. The van der Waals surface area contributed by atoms with Crippen LogP contribution in [0.15, 0.2) is 30.3 Å². The van der Waals surface area contributed by atoms with Crippen LogP contribution in [0.4, 0.5) is 26.3 Å². The fraction of sp³-hybridized carbons (Fsp3) is 0.400. The van der Waals surface area contributed by atoms with E-state index in [0.29, 0.717) is 0 Å². The van der Waals surface area contributed by atoms with Gasteiger partial charge in [0.25, 0.3) is 0 Å². The summed E-state index contributed by atoms with van der Waals surface area (Å²) in [4.78, 5) is 0. The smallest absolute Gasteiger partial charge is 0.310 e. The Bertz CT molecular complexity index is 358. The van der Waals surface area contributed by atoms with Crippen molar-refractivity contribution in [2.45, 2.75) is 24.3 Å². The Labute approximate surface area is 105 Å². The summed E-state index contributed by atoms with van der Waals surface area (Å²) in [6.07, 6.45) is -12.4. The van der Waals surface area contributed by atoms with Gasteiger partial charge in [-0.1, -0.05) is 30.3 Å². The highest BCUT2D eigenvalue weighted by Gasteiger charge is 2.68. The molecule has 0 aliphatic carbocycles. The Morgan fingerprint density at radius 3 is 1.56 bits per heavy atom. The van der Waals surface area contributed by atoms with Crippen molar-refractivity contribution in [3.63, 3.8) is 0 Å². The van der Waals surface area contributed by atoms with E-state index in [0.717, 1.165) is 0 Å². The SMILES string of the molecule is Cl.NC(Cc1ccccc1)(C(F)(F)F)C(F)(F)F. The molecule has 0 aliphatic heterocycles. The van der Waals surface area contributed by atoms with Crippen molar-refractivity contribution in [3.8, 4) is 0 Å². The van der Waals surface area contributed by atoms with Crippen LogP contribution in [-0.2, 0) is 6.42 Å². The van der Waals surface area contributed by atoms with E-state index in [1.807, 2.05) is 0 Å². The van der Waals surface area contributed by atoms with Gasteiger partial charge in [0.1, 0.15) is 0 Å². The number of hydrogen-bond donors (Lipinski definition) is 1. The third kappa shape index (κ3) is 3.29. The van der Waals surface area contributed by atoms with Gasteiger partial charge in [0.2, 0.25) is 5.54 Å². The molecule has 0 aliphatic rings. The number of nitrogens with two attached hydrogens (primary N) is 1. The average Bonchev–Trinajstić information content (AvgIpc) is 2.15. The number of hydrogen-bond acceptors (Lipinski definition) is 1. The van der Waals surface area contributed by atoms with Crippen molar-refractivity contribution in [1.82, 2.24) is 0 Å². The van der Waals surface area contributed by atoms with Gasteiger partial charge in [-0.05, 0) is 5.56 Å². The molecule has 0 aromatic heterocycles. The number of halogens is 7. The van der Waals surface area contributed by atoms with Crippen LogP contribution in [-0.4, -0.2) is 17.9 Å². The summed E-state index contributed by atoms with van der Waals surface area (Å²) in [6, 6.07) is 6.52. The predicted octanol–water partition coefficient (Wildman–Crippen LogP) is 3.47. The minimum absolute atomic E-state index is 0. The molecule has 0 saturated carbocycles. The first-order valence-electron chi connectivity index (χ1n) is 4.54. The summed E-state index contributed by atoms with van der Waals surface area (Å²) in [7, 11) is 0. The molecule has 0 radical (unpaired) electrons. The minimum atomic E-state index is -5.55. The summed E-state index contributed by atoms with van der Waals surface area (Å²) in [5.41, 5.74) is 0.193. The molecule has 0 amide bonds. The van der Waals surface area contributed by atoms with Gasteiger partial charge in [-0.3, -0.25) is 0 Å². The largest absolute Gasteiger partial charge is 0.415 e. The molecule has 0 fully saturated rings. The summed E-state index contributed by atoms with van der Waals surface area (Å²) in [6.45, 7) is 0. The summed E-state index contributed by atoms with van der Waals surface area (Å²) < 4.78 is 74.6. The zero-order valence-electron chi connectivity index (χ0n) is 8.85. The van der Waals surface area contributed by atoms with E-state index in [-0.39, 0.29) is 18.0 Å². The number of benzene rings is 1. The standard InChI is InChI=1S/C10H9F6N.ClH/c11-9(12,13)8(17,10(14,15)16)6-7-4-2-1-3-5-7;/h1-5H,6,17H2;1H. The fourth-order valence-corrected chi connectivity index (χ4v) is 1.28. The molecule has 0 heterocycles. The van der Waals surface area contributed by atoms with Crippen LogP contribution in [0.2, 0.25) is 0 Å². The molecule has 0 bridgehead atoms. The first kappa shape index (κ1) is 17.1. The Kier molecular flexibility index (Phi) is 5.07. The molecule has 0 spiro atoms. The first-order valence-corrected chi connectivity index (χ1v) is 4.54. The molecule has 1 aromatic carbocycles. The van der Waals surface area contributed by atoms with Crippen LogP contribution in [0.1, 0.15) is 5.56 Å². The van der Waals surface area contributed by atoms with Gasteiger partial charge in [-0.2, -0.15) is 26.3 Å². The van der Waals surface area contributed by atoms with Crippen LogP contribution in [0.3, 0.4) is 0 Å². The van der Waals surface area contributed by atoms with E-state index in [1.54, 1.807) is 0 Å². The molecular weight excluding hydrogens is 284 g/mol. The monoisotopic (exact) mass is 293 g/mol. The van der Waals surface area contributed by atoms with E-state index in [4.69, 9.17) is 0 Å². The molecule has 0 saturated heterocycles. The van der Waals surface area contributed by atoms with Crippen molar-refractivity contribution in [2.75, 3.05) is 0 Å². The van der Waals surface area contributed by atoms with Crippen LogP contribution in [0.5, 0.6) is 0 Å². The van der Waals surface area contributed by atoms with E-state index in [2.05, 4.69) is 5.73 Å². The lowest BCUT2D eigenvalue weighted by atomic mass is 9.90. The molecule has 18 heavy (non-hydrogen) atoms. The quantitative estimate of drug-likeness (QED) is 0.830. The van der Waals surface area contributed by atoms with Crippen molar-refractivity contribution < 1.29 is 26.3 Å². The van der Waals surface area contributed by atoms with Crippen LogP contribution < -0.4 is 5.73 Å². The van der Waals surface area contributed by atoms with E-state index < -0.39 is 24.3 Å². The van der Waals surface area contributed by atoms with Crippen molar-refractivity contribution in [2.24, 2.45) is 5.73 Å². The van der Waals surface area contributed by atoms with Gasteiger partial charge in [0, 0.05) is 6.42 Å². The maximum Gasteiger partial charge on any atom is 0.415 e. The second kappa shape index (κ2) is 5.36. The second-order valence-electron chi connectivity index (χ2n) is 3.63. The van der Waals surface area contributed by atoms with Crippen LogP contribution >= 0.6 is 12.4 Å². The lowest BCUT2D eigenvalue weighted by molar-refractivity contribution is -0.295. The molecular formula is C10H10ClF6N. The maximum atomic E-state index is 12.4. The average molecular weight is 294 g/mol. The van der Waals surface area contributed by atoms with Gasteiger partial charge in [0.15, 0.2) is 0 Å². The zero-order valence-corrected chi connectivity index (χ0v) is 9.66. The highest BCUT2D eigenvalue weighted by molar-refractivity contribution is 5.85. The third-order valence-electron chi connectivity index (χ3n) is 2.34. The van der Waals surface area contributed by atoms with Crippen molar-refractivity contribution in [1.29, 1.82) is 0 Å². The molecule has 1 nitrogen and oxygen atoms in total. The molecule has 1 aromatic rings. The molecule has 1 rings (SSSR count). The molecule has 104 valence electrons. The maximum absolute atomic E-state index is 12.4. The molecule has 2 N–H and O–H groups in total. The fourth-order valence-electron chi connectivity index (χ4n) is 1.28. The first-order chi connectivity index (χ1) is 7.58. The van der Waals surface area contributed by atoms with E-state index >= 15 is 0 Å². The van der Waals surface area contributed by atoms with Crippen molar-refractivity contribution >= 4 is 12.4 Å². The van der Waals surface area contributed by atoms with Gasteiger partial charge < -0.3 is 5.73 Å². The highest BCUT2D eigenvalue weighted by Crippen LogP contribution is 2.43. The topological polar surface area (TPSA) is 26.0 Å². The Balaban J connectivity index is 0.00000289. The lowest BCUT2D eigenvalue weighted by Gasteiger charge is -2.33. The summed E-state index contributed by atoms with van der Waals surface area (Å²) >= 11 is 0. The third-order valence-corrected chi connectivity index (χ3v) is 2.34. The van der Waals surface area contributed by atoms with E-state index in [9.17, 15) is 26.3 Å². The van der Waals surface area contributed by atoms with Gasteiger partial charge >= 0.3 is 12.4 Å². The molecule has 8 heteroatoms. The van der Waals surface area contributed by atoms with Gasteiger partial charge in [0.05, 0.1) is 0 Å². The predicted molar refractivity (Wildman–Crippen MR) is 56.4 cm³/mol. The Morgan fingerprint density at radius 1 is 0.833 bits per heavy atom. The summed E-state index contributed by atoms with van der Waals surface area (Å²) in [5.74, 6) is 0. The van der Waals surface area contributed by atoms with Gasteiger partial charge in [-0.15, -0.1) is 12.4 Å².